The van der Waals surface area contributed by atoms with Crippen LogP contribution in [0.15, 0.2) is 36.4 Å². The molecule has 0 aliphatic carbocycles. The van der Waals surface area contributed by atoms with Gasteiger partial charge in [-0.25, -0.2) is 9.48 Å². The van der Waals surface area contributed by atoms with E-state index < -0.39 is 6.10 Å². The number of carbonyl (C=O) groups is 1. The summed E-state index contributed by atoms with van der Waals surface area (Å²) in [6, 6.07) is 11.7. The number of aliphatic hydroxyl groups excluding tert-OH is 1. The maximum atomic E-state index is 12.6. The number of nitrogens with one attached hydrogen (secondary N) is 1. The Hall–Kier alpha value is -2.34. The van der Waals surface area contributed by atoms with Crippen LogP contribution in [0.1, 0.15) is 33.2 Å². The highest BCUT2D eigenvalue weighted by molar-refractivity contribution is 5.89. The van der Waals surface area contributed by atoms with Crippen LogP contribution in [0, 0.1) is 5.92 Å². The van der Waals surface area contributed by atoms with Crippen LogP contribution in [-0.4, -0.2) is 45.0 Å². The largest absolute Gasteiger partial charge is 0.391 e. The highest BCUT2D eigenvalue weighted by atomic mass is 16.3. The number of aromatic nitrogens is 2. The van der Waals surface area contributed by atoms with Crippen molar-refractivity contribution in [3.8, 4) is 11.3 Å². The summed E-state index contributed by atoms with van der Waals surface area (Å²) < 4.78 is 1.82. The molecule has 2 atom stereocenters. The van der Waals surface area contributed by atoms with E-state index >= 15 is 0 Å². The number of hydrogen-bond donors (Lipinski definition) is 2. The molecule has 6 heteroatoms. The highest BCUT2D eigenvalue weighted by Crippen LogP contribution is 2.25. The Morgan fingerprint density at radius 2 is 2.04 bits per heavy atom. The molecule has 0 spiro atoms. The molecule has 0 bridgehead atoms. The third-order valence-corrected chi connectivity index (χ3v) is 4.74. The zero-order valence-electron chi connectivity index (χ0n) is 15.0. The van der Waals surface area contributed by atoms with Gasteiger partial charge in [0.2, 0.25) is 0 Å². The molecule has 1 aliphatic heterocycles. The summed E-state index contributed by atoms with van der Waals surface area (Å²) >= 11 is 0. The second-order valence-electron chi connectivity index (χ2n) is 7.03. The van der Waals surface area contributed by atoms with Gasteiger partial charge in [0.05, 0.1) is 11.8 Å². The van der Waals surface area contributed by atoms with Gasteiger partial charge in [-0.2, -0.15) is 5.10 Å². The fraction of sp³-hybridized carbons (Fsp3) is 0.474. The van der Waals surface area contributed by atoms with E-state index in [0.29, 0.717) is 18.9 Å². The topological polar surface area (TPSA) is 70.4 Å². The van der Waals surface area contributed by atoms with Crippen LogP contribution in [0.5, 0.6) is 0 Å². The summed E-state index contributed by atoms with van der Waals surface area (Å²) in [4.78, 5) is 14.3. The summed E-state index contributed by atoms with van der Waals surface area (Å²) in [5.74, 6) is 0.905. The maximum Gasteiger partial charge on any atom is 0.323 e. The van der Waals surface area contributed by atoms with Crippen molar-refractivity contribution < 1.29 is 9.90 Å². The number of rotatable bonds is 3. The predicted molar refractivity (Wildman–Crippen MR) is 98.4 cm³/mol. The van der Waals surface area contributed by atoms with Crippen LogP contribution < -0.4 is 5.32 Å². The third-order valence-electron chi connectivity index (χ3n) is 4.74. The van der Waals surface area contributed by atoms with Crippen molar-refractivity contribution in [2.75, 3.05) is 18.4 Å². The lowest BCUT2D eigenvalue weighted by Gasteiger charge is -2.34. The maximum absolute atomic E-state index is 12.6. The van der Waals surface area contributed by atoms with Crippen LogP contribution in [0.25, 0.3) is 11.3 Å². The van der Waals surface area contributed by atoms with E-state index in [1.54, 1.807) is 4.90 Å². The number of amides is 2. The van der Waals surface area contributed by atoms with Crippen molar-refractivity contribution in [3.05, 3.63) is 36.4 Å². The normalized spacial score (nSPS) is 20.8. The second-order valence-corrected chi connectivity index (χ2v) is 7.03. The minimum Gasteiger partial charge on any atom is -0.391 e. The zero-order chi connectivity index (χ0) is 18.0. The molecule has 3 rings (SSSR count). The number of nitrogens with zero attached hydrogens (tertiary/aromatic N) is 3. The summed E-state index contributed by atoms with van der Waals surface area (Å²) in [5.41, 5.74) is 1.84. The third kappa shape index (κ3) is 3.85. The second kappa shape index (κ2) is 7.27. The van der Waals surface area contributed by atoms with Crippen molar-refractivity contribution in [3.63, 3.8) is 0 Å². The first-order valence-corrected chi connectivity index (χ1v) is 8.84. The molecule has 2 unspecified atom stereocenters. The van der Waals surface area contributed by atoms with E-state index in [1.165, 1.54) is 0 Å². The van der Waals surface area contributed by atoms with Crippen LogP contribution in [-0.2, 0) is 0 Å². The number of β-amino-alcohol motifs (C(OH)–C–C–N with tert-alkyl or cyclic N) is 1. The first-order chi connectivity index (χ1) is 12.0. The molecule has 0 radical (unpaired) electrons. The number of urea groups is 1. The van der Waals surface area contributed by atoms with Crippen LogP contribution >= 0.6 is 0 Å². The Labute approximate surface area is 148 Å². The van der Waals surface area contributed by atoms with Gasteiger partial charge in [0.1, 0.15) is 5.82 Å². The molecular formula is C19H26N4O2. The molecule has 1 aliphatic rings. The Balaban J connectivity index is 1.79. The Morgan fingerprint density at radius 1 is 1.32 bits per heavy atom. The Kier molecular flexibility index (Phi) is 5.08. The zero-order valence-corrected chi connectivity index (χ0v) is 15.0. The molecular weight excluding hydrogens is 316 g/mol. The van der Waals surface area contributed by atoms with Gasteiger partial charge >= 0.3 is 6.03 Å². The van der Waals surface area contributed by atoms with Crippen molar-refractivity contribution in [1.29, 1.82) is 0 Å². The van der Waals surface area contributed by atoms with Crippen LogP contribution in [0.3, 0.4) is 0 Å². The summed E-state index contributed by atoms with van der Waals surface area (Å²) in [6.45, 7) is 7.10. The van der Waals surface area contributed by atoms with Crippen molar-refractivity contribution in [2.24, 2.45) is 5.92 Å². The molecule has 134 valence electrons. The van der Waals surface area contributed by atoms with Gasteiger partial charge in [0.15, 0.2) is 0 Å². The minimum atomic E-state index is -0.464. The summed E-state index contributed by atoms with van der Waals surface area (Å²) in [5, 5.41) is 17.6. The fourth-order valence-corrected chi connectivity index (χ4v) is 3.05. The number of anilines is 1. The van der Waals surface area contributed by atoms with E-state index in [2.05, 4.69) is 10.4 Å². The lowest BCUT2D eigenvalue weighted by atomic mass is 9.96. The van der Waals surface area contributed by atoms with E-state index in [-0.39, 0.29) is 18.0 Å². The molecule has 1 saturated heterocycles. The fourth-order valence-electron chi connectivity index (χ4n) is 3.05. The molecule has 1 fully saturated rings. The number of benzene rings is 1. The minimum absolute atomic E-state index is 0.125. The highest BCUT2D eigenvalue weighted by Gasteiger charge is 2.28. The molecule has 2 heterocycles. The summed E-state index contributed by atoms with van der Waals surface area (Å²) in [6.07, 6.45) is 0.349. The van der Waals surface area contributed by atoms with Crippen LogP contribution in [0.4, 0.5) is 10.6 Å². The predicted octanol–water partition coefficient (Wildman–Crippen LogP) is 3.37. The molecule has 2 amide bonds. The van der Waals surface area contributed by atoms with Crippen molar-refractivity contribution in [1.82, 2.24) is 14.7 Å². The van der Waals surface area contributed by atoms with Crippen molar-refractivity contribution >= 4 is 11.8 Å². The molecule has 2 N–H and O–H groups in total. The number of likely N-dealkylation sites (tertiary alicyclic amines) is 1. The molecule has 25 heavy (non-hydrogen) atoms. The summed E-state index contributed by atoms with van der Waals surface area (Å²) in [7, 11) is 0. The van der Waals surface area contributed by atoms with Gasteiger partial charge in [0, 0.05) is 30.8 Å². The van der Waals surface area contributed by atoms with E-state index in [9.17, 15) is 9.90 Å². The lowest BCUT2D eigenvalue weighted by Crippen LogP contribution is -2.47. The van der Waals surface area contributed by atoms with E-state index in [4.69, 9.17) is 0 Å². The average Bonchev–Trinajstić information content (AvgIpc) is 3.02. The van der Waals surface area contributed by atoms with E-state index in [0.717, 1.165) is 17.7 Å². The monoisotopic (exact) mass is 342 g/mol. The Morgan fingerprint density at radius 3 is 2.68 bits per heavy atom. The molecule has 1 aromatic heterocycles. The molecule has 0 saturated carbocycles. The SMILES string of the molecule is CC1CCN(C(=O)Nc2cc(-c3ccccc3)nn2C(C)C)CC1O. The lowest BCUT2D eigenvalue weighted by molar-refractivity contribution is 0.0463. The smallest absolute Gasteiger partial charge is 0.323 e. The van der Waals surface area contributed by atoms with Gasteiger partial charge < -0.3 is 10.0 Å². The average molecular weight is 342 g/mol. The van der Waals surface area contributed by atoms with E-state index in [1.807, 2.05) is 61.9 Å². The van der Waals surface area contributed by atoms with Gasteiger partial charge in [-0.15, -0.1) is 0 Å². The number of hydrogen-bond acceptors (Lipinski definition) is 3. The molecule has 2 aromatic rings. The number of piperidine rings is 1. The molecule has 6 nitrogen and oxygen atoms in total. The Bertz CT molecular complexity index is 726. The first kappa shape index (κ1) is 17.5. The molecule has 1 aromatic carbocycles. The standard InChI is InChI=1S/C19H26N4O2/c1-13(2)23-18(11-16(21-23)15-7-5-4-6-8-15)20-19(25)22-10-9-14(3)17(24)12-22/h4-8,11,13-14,17,24H,9-10,12H2,1-3H3,(H,20,25). The van der Waals surface area contributed by atoms with Gasteiger partial charge in [0.25, 0.3) is 0 Å². The quantitative estimate of drug-likeness (QED) is 0.898. The first-order valence-electron chi connectivity index (χ1n) is 8.84. The van der Waals surface area contributed by atoms with Crippen molar-refractivity contribution in [2.45, 2.75) is 39.3 Å². The number of carbonyl (C=O) groups excluding carboxylic acids is 1. The van der Waals surface area contributed by atoms with Gasteiger partial charge in [-0.1, -0.05) is 37.3 Å². The number of aliphatic hydroxyl groups is 1. The van der Waals surface area contributed by atoms with Gasteiger partial charge in [-0.05, 0) is 26.2 Å². The van der Waals surface area contributed by atoms with Crippen LogP contribution in [0.2, 0.25) is 0 Å². The van der Waals surface area contributed by atoms with Gasteiger partial charge in [-0.3, -0.25) is 5.32 Å².